The number of nitrogens with one attached hydrogen (secondary N) is 1. The van der Waals surface area contributed by atoms with Gasteiger partial charge in [-0.25, -0.2) is 0 Å². The van der Waals surface area contributed by atoms with Gasteiger partial charge in [0.05, 0.1) is 14.2 Å². The standard InChI is InChI=1S/C19H23NO3/c1-21-16-7-6-13-11-18(16)23-19-14-4-3-9-20-15(13)10-12(14)5-8-17(19)22-2/h5-8,15,18,20H,3-4,9-11H2,1-2H3. The van der Waals surface area contributed by atoms with Gasteiger partial charge in [-0.2, -0.15) is 0 Å². The van der Waals surface area contributed by atoms with E-state index in [2.05, 4.69) is 23.5 Å². The fraction of sp³-hybridized carbons (Fsp3) is 0.474. The highest BCUT2D eigenvalue weighted by Crippen LogP contribution is 2.40. The van der Waals surface area contributed by atoms with Gasteiger partial charge in [-0.05, 0) is 49.1 Å². The van der Waals surface area contributed by atoms with Gasteiger partial charge >= 0.3 is 0 Å². The van der Waals surface area contributed by atoms with Crippen LogP contribution in [0.25, 0.3) is 0 Å². The lowest BCUT2D eigenvalue weighted by Crippen LogP contribution is -2.37. The zero-order chi connectivity index (χ0) is 15.8. The summed E-state index contributed by atoms with van der Waals surface area (Å²) in [5, 5.41) is 3.71. The minimum Gasteiger partial charge on any atom is -0.497 e. The highest BCUT2D eigenvalue weighted by molar-refractivity contribution is 5.53. The first kappa shape index (κ1) is 14.6. The summed E-state index contributed by atoms with van der Waals surface area (Å²) < 4.78 is 17.6. The molecule has 1 aliphatic carbocycles. The Morgan fingerprint density at radius 3 is 2.87 bits per heavy atom. The average molecular weight is 313 g/mol. The smallest absolute Gasteiger partial charge is 0.165 e. The van der Waals surface area contributed by atoms with Crippen molar-refractivity contribution in [1.82, 2.24) is 5.32 Å². The molecular weight excluding hydrogens is 290 g/mol. The summed E-state index contributed by atoms with van der Waals surface area (Å²) in [7, 11) is 3.42. The van der Waals surface area contributed by atoms with Crippen LogP contribution in [0.4, 0.5) is 0 Å². The van der Waals surface area contributed by atoms with Gasteiger partial charge in [-0.1, -0.05) is 12.1 Å². The molecule has 0 saturated heterocycles. The first-order chi connectivity index (χ1) is 11.3. The van der Waals surface area contributed by atoms with Crippen molar-refractivity contribution in [3.63, 3.8) is 0 Å². The summed E-state index contributed by atoms with van der Waals surface area (Å²) in [5.74, 6) is 2.61. The lowest BCUT2D eigenvalue weighted by molar-refractivity contribution is 0.139. The molecule has 0 fully saturated rings. The van der Waals surface area contributed by atoms with Crippen LogP contribution >= 0.6 is 0 Å². The first-order valence-corrected chi connectivity index (χ1v) is 8.33. The van der Waals surface area contributed by atoms with Crippen LogP contribution in [0, 0.1) is 0 Å². The molecule has 0 amide bonds. The molecule has 122 valence electrons. The van der Waals surface area contributed by atoms with E-state index < -0.39 is 0 Å². The Morgan fingerprint density at radius 1 is 1.13 bits per heavy atom. The molecule has 0 spiro atoms. The van der Waals surface area contributed by atoms with Crippen molar-refractivity contribution in [1.29, 1.82) is 0 Å². The molecule has 1 aromatic carbocycles. The second-order valence-corrected chi connectivity index (χ2v) is 6.37. The number of hydrogen-bond donors (Lipinski definition) is 1. The molecule has 4 rings (SSSR count). The Labute approximate surface area is 137 Å². The summed E-state index contributed by atoms with van der Waals surface area (Å²) in [6, 6.07) is 4.60. The Hall–Kier alpha value is -1.94. The van der Waals surface area contributed by atoms with Crippen molar-refractivity contribution >= 4 is 0 Å². The molecule has 0 radical (unpaired) electrons. The normalized spacial score (nSPS) is 25.7. The molecule has 3 aliphatic rings. The molecule has 2 unspecified atom stereocenters. The number of rotatable bonds is 2. The molecule has 2 atom stereocenters. The van der Waals surface area contributed by atoms with E-state index in [1.165, 1.54) is 16.7 Å². The van der Waals surface area contributed by atoms with E-state index in [0.29, 0.717) is 6.04 Å². The van der Waals surface area contributed by atoms with E-state index >= 15 is 0 Å². The van der Waals surface area contributed by atoms with E-state index in [1.807, 2.05) is 6.07 Å². The van der Waals surface area contributed by atoms with E-state index in [-0.39, 0.29) is 6.10 Å². The summed E-state index contributed by atoms with van der Waals surface area (Å²) >= 11 is 0. The van der Waals surface area contributed by atoms with Crippen molar-refractivity contribution in [3.05, 3.63) is 46.7 Å². The predicted molar refractivity (Wildman–Crippen MR) is 89.0 cm³/mol. The summed E-state index contributed by atoms with van der Waals surface area (Å²) in [4.78, 5) is 0. The van der Waals surface area contributed by atoms with Crippen LogP contribution in [-0.4, -0.2) is 32.9 Å². The lowest BCUT2D eigenvalue weighted by Gasteiger charge is -2.28. The quantitative estimate of drug-likeness (QED) is 0.911. The largest absolute Gasteiger partial charge is 0.497 e. The van der Waals surface area contributed by atoms with E-state index in [0.717, 1.165) is 49.5 Å². The number of benzene rings is 1. The SMILES string of the molecule is COC1=CC=C2CC1Oc1c(OC)ccc3c1CCCNC2C3. The minimum atomic E-state index is -0.0802. The number of methoxy groups -OCH3 is 2. The van der Waals surface area contributed by atoms with Crippen molar-refractivity contribution in [2.45, 2.75) is 37.8 Å². The van der Waals surface area contributed by atoms with Crippen molar-refractivity contribution < 1.29 is 14.2 Å². The van der Waals surface area contributed by atoms with Crippen molar-refractivity contribution in [3.8, 4) is 11.5 Å². The third-order valence-corrected chi connectivity index (χ3v) is 5.10. The van der Waals surface area contributed by atoms with Crippen LogP contribution in [0.15, 0.2) is 35.6 Å². The molecule has 0 aromatic heterocycles. The Balaban J connectivity index is 1.89. The van der Waals surface area contributed by atoms with Crippen molar-refractivity contribution in [2.75, 3.05) is 20.8 Å². The zero-order valence-corrected chi connectivity index (χ0v) is 13.7. The topological polar surface area (TPSA) is 39.7 Å². The fourth-order valence-electron chi connectivity index (χ4n) is 3.88. The fourth-order valence-corrected chi connectivity index (χ4v) is 3.88. The number of fused-ring (bicyclic) bond motifs is 4. The number of hydrogen-bond acceptors (Lipinski definition) is 4. The highest BCUT2D eigenvalue weighted by Gasteiger charge is 2.32. The monoisotopic (exact) mass is 313 g/mol. The van der Waals surface area contributed by atoms with Crippen LogP contribution in [0.5, 0.6) is 11.5 Å². The van der Waals surface area contributed by atoms with Gasteiger partial charge < -0.3 is 19.5 Å². The Bertz CT molecular complexity index is 677. The predicted octanol–water partition coefficient (Wildman–Crippen LogP) is 2.76. The maximum absolute atomic E-state index is 6.44. The first-order valence-electron chi connectivity index (χ1n) is 8.33. The molecule has 4 heteroatoms. The lowest BCUT2D eigenvalue weighted by atomic mass is 9.88. The summed E-state index contributed by atoms with van der Waals surface area (Å²) in [6.45, 7) is 1.03. The zero-order valence-electron chi connectivity index (χ0n) is 13.7. The molecule has 2 heterocycles. The minimum absolute atomic E-state index is 0.0802. The molecular formula is C19H23NO3. The second-order valence-electron chi connectivity index (χ2n) is 6.37. The Kier molecular flexibility index (Phi) is 3.77. The maximum atomic E-state index is 6.44. The van der Waals surface area contributed by atoms with Gasteiger partial charge in [0.1, 0.15) is 5.76 Å². The van der Waals surface area contributed by atoms with Gasteiger partial charge in [0.15, 0.2) is 17.6 Å². The number of ether oxygens (including phenoxy) is 3. The third-order valence-electron chi connectivity index (χ3n) is 5.10. The van der Waals surface area contributed by atoms with E-state index in [4.69, 9.17) is 14.2 Å². The van der Waals surface area contributed by atoms with Crippen molar-refractivity contribution in [2.24, 2.45) is 0 Å². The van der Waals surface area contributed by atoms with Crippen LogP contribution in [0.1, 0.15) is 24.0 Å². The number of allylic oxidation sites excluding steroid dienone is 2. The Morgan fingerprint density at radius 2 is 2.04 bits per heavy atom. The molecule has 2 aliphatic heterocycles. The maximum Gasteiger partial charge on any atom is 0.165 e. The molecule has 1 N–H and O–H groups in total. The molecule has 4 nitrogen and oxygen atoms in total. The summed E-state index contributed by atoms with van der Waals surface area (Å²) in [6.07, 6.45) is 8.15. The van der Waals surface area contributed by atoms with Gasteiger partial charge in [0.25, 0.3) is 0 Å². The van der Waals surface area contributed by atoms with Crippen LogP contribution in [-0.2, 0) is 17.6 Å². The molecule has 0 saturated carbocycles. The van der Waals surface area contributed by atoms with Crippen LogP contribution in [0.3, 0.4) is 0 Å². The molecule has 23 heavy (non-hydrogen) atoms. The molecule has 6 bridgehead atoms. The van der Waals surface area contributed by atoms with Gasteiger partial charge in [0.2, 0.25) is 0 Å². The van der Waals surface area contributed by atoms with Crippen LogP contribution < -0.4 is 14.8 Å². The van der Waals surface area contributed by atoms with E-state index in [1.54, 1.807) is 14.2 Å². The van der Waals surface area contributed by atoms with Gasteiger partial charge in [0, 0.05) is 18.0 Å². The van der Waals surface area contributed by atoms with Gasteiger partial charge in [-0.3, -0.25) is 0 Å². The summed E-state index contributed by atoms with van der Waals surface area (Å²) in [5.41, 5.74) is 4.06. The average Bonchev–Trinajstić information content (AvgIpc) is 2.57. The second kappa shape index (κ2) is 5.93. The molecule has 1 aromatic rings. The van der Waals surface area contributed by atoms with Crippen LogP contribution in [0.2, 0.25) is 0 Å². The highest BCUT2D eigenvalue weighted by atomic mass is 16.5. The van der Waals surface area contributed by atoms with Gasteiger partial charge in [-0.15, -0.1) is 0 Å². The third kappa shape index (κ3) is 2.51. The van der Waals surface area contributed by atoms with E-state index in [9.17, 15) is 0 Å².